The average Bonchev–Trinajstić information content (AvgIpc) is 3.16. The second kappa shape index (κ2) is 8.00. The molecule has 5 nitrogen and oxygen atoms in total. The third-order valence-corrected chi connectivity index (χ3v) is 8.40. The van der Waals surface area contributed by atoms with Gasteiger partial charge in [0.25, 0.3) is 0 Å². The lowest BCUT2D eigenvalue weighted by molar-refractivity contribution is 0.364. The number of benzene rings is 1. The minimum atomic E-state index is -3.47. The predicted molar refractivity (Wildman–Crippen MR) is 112 cm³/mol. The number of thiophene rings is 1. The molecule has 3 aromatic rings. The first-order valence-electron chi connectivity index (χ1n) is 9.17. The Balaban J connectivity index is 1.71. The molecule has 0 fully saturated rings. The molecule has 0 aliphatic carbocycles. The fourth-order valence-electron chi connectivity index (χ4n) is 3.41. The molecular formula is C20H20ClN3O2S2. The average molecular weight is 434 g/mol. The number of aryl methyl sites for hydroxylation is 1. The first-order valence-corrected chi connectivity index (χ1v) is 11.9. The first kappa shape index (κ1) is 19.7. The van der Waals surface area contributed by atoms with Gasteiger partial charge in [-0.1, -0.05) is 46.2 Å². The van der Waals surface area contributed by atoms with Crippen LogP contribution in [-0.4, -0.2) is 31.9 Å². The van der Waals surface area contributed by atoms with Crippen LogP contribution in [0.4, 0.5) is 0 Å². The van der Waals surface area contributed by atoms with Crippen LogP contribution < -0.4 is 0 Å². The first-order chi connectivity index (χ1) is 13.5. The lowest BCUT2D eigenvalue weighted by Crippen LogP contribution is -2.37. The highest BCUT2D eigenvalue weighted by Gasteiger charge is 2.33. The largest absolute Gasteiger partial charge is 0.592 e. The van der Waals surface area contributed by atoms with Gasteiger partial charge in [-0.2, -0.15) is 0 Å². The number of aromatic nitrogens is 2. The highest BCUT2D eigenvalue weighted by atomic mass is 35.5. The monoisotopic (exact) mass is 433 g/mol. The quantitative estimate of drug-likeness (QED) is 0.571. The van der Waals surface area contributed by atoms with Crippen molar-refractivity contribution in [1.82, 2.24) is 14.3 Å². The molecule has 1 unspecified atom stereocenters. The van der Waals surface area contributed by atoms with E-state index in [1.807, 2.05) is 31.2 Å². The van der Waals surface area contributed by atoms with E-state index in [1.165, 1.54) is 11.3 Å². The lowest BCUT2D eigenvalue weighted by Gasteiger charge is -2.24. The fraction of sp³-hybridized carbons (Fsp3) is 0.300. The van der Waals surface area contributed by atoms with Gasteiger partial charge in [0, 0.05) is 47.3 Å². The van der Waals surface area contributed by atoms with Crippen LogP contribution in [0.1, 0.15) is 24.0 Å². The zero-order valence-electron chi connectivity index (χ0n) is 15.4. The Labute approximate surface area is 174 Å². The molecule has 0 spiro atoms. The van der Waals surface area contributed by atoms with Gasteiger partial charge >= 0.3 is 0 Å². The summed E-state index contributed by atoms with van der Waals surface area (Å²) in [7, 11) is -3.47. The summed E-state index contributed by atoms with van der Waals surface area (Å²) in [6.07, 6.45) is 1.89. The highest BCUT2D eigenvalue weighted by molar-refractivity contribution is 7.97. The van der Waals surface area contributed by atoms with Crippen molar-refractivity contribution in [3.63, 3.8) is 0 Å². The van der Waals surface area contributed by atoms with Gasteiger partial charge in [-0.05, 0) is 30.0 Å². The van der Waals surface area contributed by atoms with E-state index in [2.05, 4.69) is 0 Å². The van der Waals surface area contributed by atoms with Crippen molar-refractivity contribution in [3.8, 4) is 11.3 Å². The van der Waals surface area contributed by atoms with E-state index in [-0.39, 0.29) is 0 Å². The Hall–Kier alpha value is -1.64. The van der Waals surface area contributed by atoms with Gasteiger partial charge in [0.1, 0.15) is 5.82 Å². The molecule has 1 aliphatic rings. The number of rotatable bonds is 4. The van der Waals surface area contributed by atoms with Gasteiger partial charge in [0.2, 0.25) is 4.21 Å². The molecule has 146 valence electrons. The van der Waals surface area contributed by atoms with E-state index in [0.717, 1.165) is 34.8 Å². The molecule has 0 bridgehead atoms. The van der Waals surface area contributed by atoms with E-state index >= 15 is 0 Å². The van der Waals surface area contributed by atoms with Crippen molar-refractivity contribution in [2.75, 3.05) is 13.1 Å². The molecule has 2 aromatic heterocycles. The summed E-state index contributed by atoms with van der Waals surface area (Å²) in [5, 5.41) is 2.46. The van der Waals surface area contributed by atoms with Crippen LogP contribution >= 0.6 is 22.9 Å². The number of hydrogen-bond acceptors (Lipinski definition) is 5. The summed E-state index contributed by atoms with van der Waals surface area (Å²) in [4.78, 5) is 9.48. The summed E-state index contributed by atoms with van der Waals surface area (Å²) < 4.78 is 27.9. The Bertz CT molecular complexity index is 1020. The van der Waals surface area contributed by atoms with E-state index < -0.39 is 10.4 Å². The summed E-state index contributed by atoms with van der Waals surface area (Å²) in [6.45, 7) is 2.87. The molecule has 0 saturated heterocycles. The van der Waals surface area contributed by atoms with Gasteiger partial charge in [-0.25, -0.2) is 9.97 Å². The Kier molecular flexibility index (Phi) is 5.62. The second-order valence-electron chi connectivity index (χ2n) is 6.61. The van der Waals surface area contributed by atoms with Gasteiger partial charge in [-0.15, -0.1) is 4.31 Å². The van der Waals surface area contributed by atoms with Crippen LogP contribution in [0.25, 0.3) is 11.3 Å². The van der Waals surface area contributed by atoms with Crippen LogP contribution in [-0.2, 0) is 33.9 Å². The van der Waals surface area contributed by atoms with Crippen LogP contribution in [0.2, 0.25) is 5.02 Å². The molecule has 28 heavy (non-hydrogen) atoms. The predicted octanol–water partition coefficient (Wildman–Crippen LogP) is 4.43. The number of halogens is 1. The van der Waals surface area contributed by atoms with E-state index in [1.54, 1.807) is 21.8 Å². The summed E-state index contributed by atoms with van der Waals surface area (Å²) in [6, 6.07) is 11.0. The molecule has 8 heteroatoms. The van der Waals surface area contributed by atoms with Crippen LogP contribution in [0.5, 0.6) is 0 Å². The minimum absolute atomic E-state index is 0.386. The maximum absolute atomic E-state index is 13.0. The maximum atomic E-state index is 13.0. The van der Waals surface area contributed by atoms with Gasteiger partial charge in [-0.3, -0.25) is 0 Å². The molecule has 0 amide bonds. The summed E-state index contributed by atoms with van der Waals surface area (Å²) in [5.74, 6) is 0.776. The third-order valence-electron chi connectivity index (χ3n) is 4.87. The molecular weight excluding hydrogens is 414 g/mol. The van der Waals surface area contributed by atoms with Crippen molar-refractivity contribution in [1.29, 1.82) is 0 Å². The topological polar surface area (TPSA) is 69.2 Å². The molecule has 1 atom stereocenters. The normalized spacial score (nSPS) is 17.0. The molecule has 0 N–H and O–H groups in total. The number of fused-ring (bicyclic) bond motifs is 1. The number of nitrogens with zero attached hydrogens (tertiary/aromatic N) is 3. The molecule has 4 rings (SSSR count). The SMILES string of the molecule is CCc1nc2c(c(-c3ccc(Cl)cc3)n1)CCN([S+](=O)([O-])c1cccs1)CC2. The Morgan fingerprint density at radius 3 is 2.61 bits per heavy atom. The minimum Gasteiger partial charge on any atom is -0.592 e. The molecule has 0 radical (unpaired) electrons. The summed E-state index contributed by atoms with van der Waals surface area (Å²) in [5.41, 5.74) is 3.84. The van der Waals surface area contributed by atoms with Crippen LogP contribution in [0.15, 0.2) is 46.0 Å². The van der Waals surface area contributed by atoms with Crippen molar-refractivity contribution in [2.24, 2.45) is 0 Å². The molecule has 3 heterocycles. The van der Waals surface area contributed by atoms with Gasteiger partial charge in [0.05, 0.1) is 12.2 Å². The smallest absolute Gasteiger partial charge is 0.229 e. The van der Waals surface area contributed by atoms with Gasteiger partial charge < -0.3 is 4.55 Å². The zero-order valence-corrected chi connectivity index (χ0v) is 17.8. The third kappa shape index (κ3) is 3.77. The molecule has 1 aliphatic heterocycles. The van der Waals surface area contributed by atoms with Crippen molar-refractivity contribution in [3.05, 3.63) is 63.9 Å². The summed E-state index contributed by atoms with van der Waals surface area (Å²) >= 11 is 7.29. The van der Waals surface area contributed by atoms with Crippen LogP contribution in [0.3, 0.4) is 0 Å². The fourth-order valence-corrected chi connectivity index (χ4v) is 6.12. The Morgan fingerprint density at radius 1 is 1.18 bits per heavy atom. The molecule has 0 saturated carbocycles. The number of sulfonamides is 1. The van der Waals surface area contributed by atoms with E-state index in [9.17, 15) is 8.76 Å². The van der Waals surface area contributed by atoms with Crippen molar-refractivity contribution >= 4 is 33.3 Å². The lowest BCUT2D eigenvalue weighted by atomic mass is 10.0. The van der Waals surface area contributed by atoms with Crippen molar-refractivity contribution < 1.29 is 8.76 Å². The second-order valence-corrected chi connectivity index (χ2v) is 10.2. The van der Waals surface area contributed by atoms with Gasteiger partial charge in [0.15, 0.2) is 10.4 Å². The zero-order chi connectivity index (χ0) is 19.7. The molecule has 1 aromatic carbocycles. The van der Waals surface area contributed by atoms with E-state index in [4.69, 9.17) is 21.6 Å². The van der Waals surface area contributed by atoms with E-state index in [0.29, 0.717) is 35.2 Å². The maximum Gasteiger partial charge on any atom is 0.229 e. The highest BCUT2D eigenvalue weighted by Crippen LogP contribution is 2.31. The van der Waals surface area contributed by atoms with Crippen molar-refractivity contribution in [2.45, 2.75) is 30.4 Å². The van der Waals surface area contributed by atoms with Crippen LogP contribution in [0, 0.1) is 0 Å². The Morgan fingerprint density at radius 2 is 1.93 bits per heavy atom. The number of hydrogen-bond donors (Lipinski definition) is 0. The standard InChI is InChI=1S/C20H20ClN3O2S2/c1-2-18-22-17-10-12-24(28(25,26)19-4-3-13-27-19)11-9-16(17)20(23-18)14-5-7-15(21)8-6-14/h3-8,13H,2,9-12H2,1H3.